The minimum absolute atomic E-state index is 0.0455. The molecule has 2 atom stereocenters. The van der Waals surface area contributed by atoms with E-state index in [1.54, 1.807) is 25.1 Å². The summed E-state index contributed by atoms with van der Waals surface area (Å²) in [6.07, 6.45) is -2.56. The highest BCUT2D eigenvalue weighted by Gasteiger charge is 2.40. The molecule has 3 rings (SSSR count). The van der Waals surface area contributed by atoms with E-state index < -0.39 is 18.0 Å². The first-order valence-corrected chi connectivity index (χ1v) is 7.03. The molecule has 120 valence electrons. The van der Waals surface area contributed by atoms with Crippen LogP contribution in [0.5, 0.6) is 23.0 Å². The van der Waals surface area contributed by atoms with Crippen LogP contribution in [0.1, 0.15) is 27.6 Å². The van der Waals surface area contributed by atoms with Gasteiger partial charge >= 0.3 is 0 Å². The Kier molecular flexibility index (Phi) is 3.61. The van der Waals surface area contributed by atoms with Gasteiger partial charge in [0, 0.05) is 11.1 Å². The Morgan fingerprint density at radius 2 is 1.87 bits per heavy atom. The molecule has 0 saturated heterocycles. The van der Waals surface area contributed by atoms with Crippen molar-refractivity contribution in [2.75, 3.05) is 7.11 Å². The predicted molar refractivity (Wildman–Crippen MR) is 81.2 cm³/mol. The second-order valence-corrected chi connectivity index (χ2v) is 5.34. The zero-order valence-corrected chi connectivity index (χ0v) is 12.6. The molecule has 0 spiro atoms. The second-order valence-electron chi connectivity index (χ2n) is 5.34. The first-order valence-electron chi connectivity index (χ1n) is 7.03. The number of aromatic hydroxyl groups is 2. The average molecular weight is 316 g/mol. The number of hydrogen-bond acceptors (Lipinski definition) is 6. The number of methoxy groups -OCH3 is 1. The molecule has 0 aromatic heterocycles. The van der Waals surface area contributed by atoms with Gasteiger partial charge in [-0.25, -0.2) is 0 Å². The molecule has 0 amide bonds. The highest BCUT2D eigenvalue weighted by atomic mass is 16.5. The lowest BCUT2D eigenvalue weighted by atomic mass is 9.91. The van der Waals surface area contributed by atoms with Crippen molar-refractivity contribution in [3.8, 4) is 23.0 Å². The van der Waals surface area contributed by atoms with Crippen LogP contribution in [0.15, 0.2) is 30.3 Å². The van der Waals surface area contributed by atoms with Crippen LogP contribution in [-0.2, 0) is 0 Å². The number of Topliss-reactive ketones (excluding diaryl/α,β-unsaturated/α-hetero) is 1. The summed E-state index contributed by atoms with van der Waals surface area (Å²) in [7, 11) is 1.40. The highest BCUT2D eigenvalue weighted by Crippen LogP contribution is 2.46. The Hall–Kier alpha value is -2.73. The van der Waals surface area contributed by atoms with Gasteiger partial charge in [0.05, 0.1) is 12.7 Å². The number of carbonyl (C=O) groups excluding carboxylic acids is 1. The van der Waals surface area contributed by atoms with E-state index in [9.17, 15) is 20.1 Å². The smallest absolute Gasteiger partial charge is 0.199 e. The molecule has 6 nitrogen and oxygen atoms in total. The number of hydrogen-bond donors (Lipinski definition) is 3. The van der Waals surface area contributed by atoms with E-state index >= 15 is 0 Å². The zero-order chi connectivity index (χ0) is 16.7. The molecule has 0 unspecified atom stereocenters. The summed E-state index contributed by atoms with van der Waals surface area (Å²) in [5.74, 6) is -0.437. The van der Waals surface area contributed by atoms with Crippen LogP contribution in [-0.4, -0.2) is 34.3 Å². The van der Waals surface area contributed by atoms with Crippen molar-refractivity contribution in [1.82, 2.24) is 0 Å². The topological polar surface area (TPSA) is 96.2 Å². The summed E-state index contributed by atoms with van der Waals surface area (Å²) in [5.41, 5.74) is 0.766. The Balaban J connectivity index is 2.17. The number of para-hydroxylation sites is 1. The van der Waals surface area contributed by atoms with Crippen LogP contribution in [0, 0.1) is 6.92 Å². The number of aliphatic hydroxyl groups excluding tert-OH is 1. The van der Waals surface area contributed by atoms with Gasteiger partial charge in [-0.3, -0.25) is 4.79 Å². The van der Waals surface area contributed by atoms with E-state index in [0.29, 0.717) is 11.1 Å². The zero-order valence-electron chi connectivity index (χ0n) is 12.6. The Morgan fingerprint density at radius 3 is 2.52 bits per heavy atom. The van der Waals surface area contributed by atoms with Crippen LogP contribution in [0.3, 0.4) is 0 Å². The summed E-state index contributed by atoms with van der Waals surface area (Å²) >= 11 is 0. The maximum Gasteiger partial charge on any atom is 0.199 e. The lowest BCUT2D eigenvalue weighted by molar-refractivity contribution is 0.0195. The van der Waals surface area contributed by atoms with Crippen molar-refractivity contribution < 1.29 is 29.6 Å². The summed E-state index contributed by atoms with van der Waals surface area (Å²) in [4.78, 5) is 12.5. The van der Waals surface area contributed by atoms with E-state index in [4.69, 9.17) is 9.47 Å². The Labute approximate surface area is 132 Å². The molecule has 0 aliphatic carbocycles. The number of ether oxygens (including phenoxy) is 2. The largest absolute Gasteiger partial charge is 0.508 e. The van der Waals surface area contributed by atoms with Gasteiger partial charge in [-0.15, -0.1) is 0 Å². The standard InChI is InChI=1S/C17H16O6/c1-8-12(19)7-10-13(20)14(21)16(23-17(10)15(8)22-2)9-5-3-4-6-11(9)18/h3-7,14,16,18-19,21H,1-2H3/t14-,16+/m1/s1. The third-order valence-electron chi connectivity index (χ3n) is 3.97. The van der Waals surface area contributed by atoms with Gasteiger partial charge in [-0.05, 0) is 19.1 Å². The molecular formula is C17H16O6. The summed E-state index contributed by atoms with van der Waals surface area (Å²) in [6.45, 7) is 1.63. The molecule has 2 aromatic rings. The molecule has 2 aromatic carbocycles. The summed E-state index contributed by atoms with van der Waals surface area (Å²) in [6, 6.07) is 7.57. The molecule has 0 saturated carbocycles. The third-order valence-corrected chi connectivity index (χ3v) is 3.97. The molecule has 0 fully saturated rings. The molecular weight excluding hydrogens is 300 g/mol. The van der Waals surface area contributed by atoms with E-state index in [1.807, 2.05) is 0 Å². The van der Waals surface area contributed by atoms with Crippen molar-refractivity contribution in [1.29, 1.82) is 0 Å². The maximum atomic E-state index is 12.5. The van der Waals surface area contributed by atoms with E-state index in [1.165, 1.54) is 19.2 Å². The summed E-state index contributed by atoms with van der Waals surface area (Å²) in [5, 5.41) is 30.2. The number of benzene rings is 2. The first kappa shape index (κ1) is 15.2. The van der Waals surface area contributed by atoms with Gasteiger partial charge in [0.25, 0.3) is 0 Å². The molecule has 23 heavy (non-hydrogen) atoms. The number of aliphatic hydroxyl groups is 1. The molecule has 1 heterocycles. The fourth-order valence-corrected chi connectivity index (χ4v) is 2.72. The van der Waals surface area contributed by atoms with Crippen LogP contribution < -0.4 is 9.47 Å². The fraction of sp³-hybridized carbons (Fsp3) is 0.235. The molecule has 1 aliphatic rings. The minimum atomic E-state index is -1.50. The van der Waals surface area contributed by atoms with E-state index in [0.717, 1.165) is 0 Å². The Bertz CT molecular complexity index is 783. The number of phenols is 2. The highest BCUT2D eigenvalue weighted by molar-refractivity contribution is 6.04. The van der Waals surface area contributed by atoms with Crippen LogP contribution in [0.4, 0.5) is 0 Å². The van der Waals surface area contributed by atoms with Gasteiger partial charge in [0.15, 0.2) is 29.5 Å². The predicted octanol–water partition coefficient (Wildman–Crippen LogP) is 2.09. The molecule has 1 aliphatic heterocycles. The van der Waals surface area contributed by atoms with Gasteiger partial charge in [0.2, 0.25) is 0 Å². The molecule has 3 N–H and O–H groups in total. The van der Waals surface area contributed by atoms with Crippen LogP contribution >= 0.6 is 0 Å². The van der Waals surface area contributed by atoms with Crippen molar-refractivity contribution in [3.05, 3.63) is 47.0 Å². The second kappa shape index (κ2) is 5.48. The summed E-state index contributed by atoms with van der Waals surface area (Å²) < 4.78 is 11.0. The molecule has 6 heteroatoms. The Morgan fingerprint density at radius 1 is 1.17 bits per heavy atom. The van der Waals surface area contributed by atoms with Gasteiger partial charge < -0.3 is 24.8 Å². The molecule has 0 radical (unpaired) electrons. The van der Waals surface area contributed by atoms with Crippen molar-refractivity contribution in [2.24, 2.45) is 0 Å². The lowest BCUT2D eigenvalue weighted by Crippen LogP contribution is -2.36. The van der Waals surface area contributed by atoms with Gasteiger partial charge in [0.1, 0.15) is 11.5 Å². The maximum absolute atomic E-state index is 12.5. The number of ketones is 1. The number of fused-ring (bicyclic) bond motifs is 1. The quantitative estimate of drug-likeness (QED) is 0.785. The third kappa shape index (κ3) is 2.27. The van der Waals surface area contributed by atoms with Crippen molar-refractivity contribution in [2.45, 2.75) is 19.1 Å². The molecule has 0 bridgehead atoms. The van der Waals surface area contributed by atoms with Crippen molar-refractivity contribution >= 4 is 5.78 Å². The minimum Gasteiger partial charge on any atom is -0.508 e. The van der Waals surface area contributed by atoms with E-state index in [2.05, 4.69) is 0 Å². The fourth-order valence-electron chi connectivity index (χ4n) is 2.72. The average Bonchev–Trinajstić information content (AvgIpc) is 2.54. The normalized spacial score (nSPS) is 19.9. The SMILES string of the molecule is COc1c(C)c(O)cc2c1O[C@@H](c1ccccc1O)[C@H](O)C2=O. The van der Waals surface area contributed by atoms with E-state index in [-0.39, 0.29) is 28.6 Å². The van der Waals surface area contributed by atoms with Crippen molar-refractivity contribution in [3.63, 3.8) is 0 Å². The monoisotopic (exact) mass is 316 g/mol. The van der Waals surface area contributed by atoms with Crippen LogP contribution in [0.2, 0.25) is 0 Å². The number of phenolic OH excluding ortho intramolecular Hbond substituents is 2. The van der Waals surface area contributed by atoms with Gasteiger partial charge in [-0.2, -0.15) is 0 Å². The van der Waals surface area contributed by atoms with Gasteiger partial charge in [-0.1, -0.05) is 18.2 Å². The first-order chi connectivity index (χ1) is 11.0. The van der Waals surface area contributed by atoms with Crippen LogP contribution in [0.25, 0.3) is 0 Å². The number of carbonyl (C=O) groups is 1. The lowest BCUT2D eigenvalue weighted by Gasteiger charge is -2.31. The number of rotatable bonds is 2.